The molecule has 3 rings (SSSR count). The van der Waals surface area contributed by atoms with Crippen LogP contribution in [0.5, 0.6) is 0 Å². The molecule has 0 aromatic carbocycles. The molecule has 0 atom stereocenters. The van der Waals surface area contributed by atoms with Gasteiger partial charge >= 0.3 is 6.03 Å². The molecule has 0 saturated carbocycles. The van der Waals surface area contributed by atoms with Gasteiger partial charge in [-0.15, -0.1) is 0 Å². The molecule has 0 aliphatic carbocycles. The fraction of sp³-hybridized carbons (Fsp3) is 0.421. The molecule has 3 amide bonds. The lowest BCUT2D eigenvalue weighted by Gasteiger charge is -2.35. The van der Waals surface area contributed by atoms with Crippen LogP contribution in [-0.4, -0.2) is 61.6 Å². The van der Waals surface area contributed by atoms with Crippen LogP contribution in [-0.2, 0) is 6.54 Å². The summed E-state index contributed by atoms with van der Waals surface area (Å²) >= 11 is 0. The van der Waals surface area contributed by atoms with Crippen LogP contribution in [0.1, 0.15) is 23.0 Å². The first-order valence-electron chi connectivity index (χ1n) is 9.48. The molecule has 2 aromatic rings. The van der Waals surface area contributed by atoms with Gasteiger partial charge in [0.2, 0.25) is 11.8 Å². The van der Waals surface area contributed by atoms with E-state index < -0.39 is 11.9 Å². The SMILES string of the molecule is CCNC(=O)Nc1cc(CN2CCN(c3ccc(C(=O)NC)nc3F)CC2)co1. The summed E-state index contributed by atoms with van der Waals surface area (Å²) in [4.78, 5) is 31.0. The Morgan fingerprint density at radius 1 is 1.24 bits per heavy atom. The first kappa shape index (κ1) is 20.6. The minimum Gasteiger partial charge on any atom is -0.448 e. The maximum absolute atomic E-state index is 14.3. The second-order valence-corrected chi connectivity index (χ2v) is 6.65. The van der Waals surface area contributed by atoms with Crippen molar-refractivity contribution in [3.05, 3.63) is 41.7 Å². The van der Waals surface area contributed by atoms with Crippen molar-refractivity contribution in [1.29, 1.82) is 0 Å². The van der Waals surface area contributed by atoms with Crippen LogP contribution in [0.25, 0.3) is 0 Å². The molecule has 2 aromatic heterocycles. The highest BCUT2D eigenvalue weighted by Crippen LogP contribution is 2.21. The number of urea groups is 1. The molecule has 1 saturated heterocycles. The van der Waals surface area contributed by atoms with Gasteiger partial charge in [0.05, 0.1) is 12.0 Å². The number of furan rings is 1. The highest BCUT2D eigenvalue weighted by atomic mass is 19.1. The number of carbonyl (C=O) groups excluding carboxylic acids is 2. The van der Waals surface area contributed by atoms with E-state index in [0.717, 1.165) is 18.7 Å². The Hall–Kier alpha value is -3.14. The normalized spacial score (nSPS) is 14.5. The molecule has 29 heavy (non-hydrogen) atoms. The molecule has 0 spiro atoms. The third-order valence-electron chi connectivity index (χ3n) is 4.64. The van der Waals surface area contributed by atoms with Gasteiger partial charge in [-0.1, -0.05) is 0 Å². The molecular weight excluding hydrogens is 379 g/mol. The van der Waals surface area contributed by atoms with E-state index in [0.29, 0.717) is 37.8 Å². The number of rotatable bonds is 6. The van der Waals surface area contributed by atoms with Crippen molar-refractivity contribution in [1.82, 2.24) is 20.5 Å². The standard InChI is InChI=1S/C19H25FN6O3/c1-3-22-19(28)24-16-10-13(12-29-16)11-25-6-8-26(9-7-25)15-5-4-14(18(27)21-2)23-17(15)20/h4-5,10,12H,3,6-9,11H2,1-2H3,(H,21,27)(H2,22,24,28). The molecule has 3 heterocycles. The van der Waals surface area contributed by atoms with Crippen LogP contribution < -0.4 is 20.9 Å². The van der Waals surface area contributed by atoms with Crippen molar-refractivity contribution in [2.24, 2.45) is 0 Å². The summed E-state index contributed by atoms with van der Waals surface area (Å²) in [5, 5.41) is 7.70. The van der Waals surface area contributed by atoms with Gasteiger partial charge in [-0.25, -0.2) is 9.78 Å². The lowest BCUT2D eigenvalue weighted by molar-refractivity contribution is 0.0957. The van der Waals surface area contributed by atoms with Crippen LogP contribution in [0.15, 0.2) is 28.9 Å². The number of piperazine rings is 1. The third-order valence-corrected chi connectivity index (χ3v) is 4.64. The zero-order valence-corrected chi connectivity index (χ0v) is 16.5. The van der Waals surface area contributed by atoms with Crippen LogP contribution in [0, 0.1) is 5.95 Å². The van der Waals surface area contributed by atoms with Gasteiger partial charge in [-0.3, -0.25) is 15.0 Å². The van der Waals surface area contributed by atoms with E-state index in [9.17, 15) is 14.0 Å². The molecule has 1 fully saturated rings. The number of hydrogen-bond donors (Lipinski definition) is 3. The highest BCUT2D eigenvalue weighted by molar-refractivity contribution is 5.92. The van der Waals surface area contributed by atoms with E-state index in [2.05, 4.69) is 25.8 Å². The maximum Gasteiger partial charge on any atom is 0.321 e. The quantitative estimate of drug-likeness (QED) is 0.633. The Morgan fingerprint density at radius 2 is 2.00 bits per heavy atom. The summed E-state index contributed by atoms with van der Waals surface area (Å²) < 4.78 is 19.7. The number of aromatic nitrogens is 1. The summed E-state index contributed by atoms with van der Waals surface area (Å²) in [7, 11) is 1.48. The summed E-state index contributed by atoms with van der Waals surface area (Å²) in [6.07, 6.45) is 1.62. The van der Waals surface area contributed by atoms with Crippen molar-refractivity contribution >= 4 is 23.5 Å². The van der Waals surface area contributed by atoms with E-state index in [-0.39, 0.29) is 11.7 Å². The number of amides is 3. The Bertz CT molecular complexity index is 863. The predicted octanol–water partition coefficient (Wildman–Crippen LogP) is 1.64. The molecule has 0 unspecified atom stereocenters. The molecule has 3 N–H and O–H groups in total. The Labute approximate surface area is 168 Å². The number of nitrogens with zero attached hydrogens (tertiary/aromatic N) is 3. The van der Waals surface area contributed by atoms with Gasteiger partial charge < -0.3 is 20.0 Å². The number of pyridine rings is 1. The lowest BCUT2D eigenvalue weighted by atomic mass is 10.2. The van der Waals surface area contributed by atoms with Crippen molar-refractivity contribution < 1.29 is 18.4 Å². The topological polar surface area (TPSA) is 103 Å². The van der Waals surface area contributed by atoms with E-state index in [1.54, 1.807) is 18.4 Å². The molecule has 0 radical (unpaired) electrons. The Kier molecular flexibility index (Phi) is 6.65. The minimum absolute atomic E-state index is 0.0596. The molecule has 0 bridgehead atoms. The summed E-state index contributed by atoms with van der Waals surface area (Å²) in [5.74, 6) is -0.661. The van der Waals surface area contributed by atoms with Gasteiger partial charge in [0, 0.05) is 57.9 Å². The van der Waals surface area contributed by atoms with Crippen molar-refractivity contribution in [2.45, 2.75) is 13.5 Å². The largest absolute Gasteiger partial charge is 0.448 e. The number of carbonyl (C=O) groups is 2. The summed E-state index contributed by atoms with van der Waals surface area (Å²) in [5.41, 5.74) is 1.41. The number of anilines is 2. The van der Waals surface area contributed by atoms with Crippen molar-refractivity contribution in [3.8, 4) is 0 Å². The molecule has 1 aliphatic heterocycles. The van der Waals surface area contributed by atoms with Crippen LogP contribution in [0.3, 0.4) is 0 Å². The van der Waals surface area contributed by atoms with Crippen molar-refractivity contribution in [3.63, 3.8) is 0 Å². The van der Waals surface area contributed by atoms with Gasteiger partial charge in [0.15, 0.2) is 0 Å². The summed E-state index contributed by atoms with van der Waals surface area (Å²) in [6, 6.07) is 4.61. The van der Waals surface area contributed by atoms with Crippen molar-refractivity contribution in [2.75, 3.05) is 50.0 Å². The summed E-state index contributed by atoms with van der Waals surface area (Å²) in [6.45, 7) is 5.80. The predicted molar refractivity (Wildman–Crippen MR) is 106 cm³/mol. The van der Waals surface area contributed by atoms with Crippen LogP contribution in [0.4, 0.5) is 20.8 Å². The first-order chi connectivity index (χ1) is 14.0. The van der Waals surface area contributed by atoms with Gasteiger partial charge in [-0.2, -0.15) is 4.39 Å². The van der Waals surface area contributed by atoms with Crippen LogP contribution >= 0.6 is 0 Å². The van der Waals surface area contributed by atoms with E-state index in [4.69, 9.17) is 4.42 Å². The van der Waals surface area contributed by atoms with Gasteiger partial charge in [-0.05, 0) is 19.1 Å². The van der Waals surface area contributed by atoms with Gasteiger partial charge in [0.25, 0.3) is 5.91 Å². The second-order valence-electron chi connectivity index (χ2n) is 6.65. The molecular formula is C19H25FN6O3. The highest BCUT2D eigenvalue weighted by Gasteiger charge is 2.21. The van der Waals surface area contributed by atoms with Gasteiger partial charge in [0.1, 0.15) is 5.69 Å². The Morgan fingerprint density at radius 3 is 2.66 bits per heavy atom. The number of hydrogen-bond acceptors (Lipinski definition) is 6. The Balaban J connectivity index is 1.53. The number of halogens is 1. The third kappa shape index (κ3) is 5.23. The first-order valence-corrected chi connectivity index (χ1v) is 9.48. The monoisotopic (exact) mass is 404 g/mol. The fourth-order valence-corrected chi connectivity index (χ4v) is 3.16. The molecule has 156 valence electrons. The molecule has 1 aliphatic rings. The zero-order valence-electron chi connectivity index (χ0n) is 16.5. The fourth-order valence-electron chi connectivity index (χ4n) is 3.16. The molecule has 10 heteroatoms. The zero-order chi connectivity index (χ0) is 20.8. The number of nitrogens with one attached hydrogen (secondary N) is 3. The van der Waals surface area contributed by atoms with E-state index in [1.165, 1.54) is 13.1 Å². The van der Waals surface area contributed by atoms with Crippen LogP contribution in [0.2, 0.25) is 0 Å². The minimum atomic E-state index is -0.643. The smallest absolute Gasteiger partial charge is 0.321 e. The second kappa shape index (κ2) is 9.37. The average molecular weight is 404 g/mol. The average Bonchev–Trinajstić information content (AvgIpc) is 3.14. The maximum atomic E-state index is 14.3. The van der Waals surface area contributed by atoms with E-state index >= 15 is 0 Å². The molecule has 9 nitrogen and oxygen atoms in total. The van der Waals surface area contributed by atoms with E-state index in [1.807, 2.05) is 11.8 Å². The lowest BCUT2D eigenvalue weighted by Crippen LogP contribution is -2.46.